The van der Waals surface area contributed by atoms with Crippen molar-refractivity contribution in [2.24, 2.45) is 17.8 Å². The van der Waals surface area contributed by atoms with Crippen molar-refractivity contribution in [3.63, 3.8) is 0 Å². The van der Waals surface area contributed by atoms with Gasteiger partial charge in [-0.05, 0) is 63.0 Å². The van der Waals surface area contributed by atoms with Gasteiger partial charge in [-0.2, -0.15) is 5.10 Å². The van der Waals surface area contributed by atoms with Crippen LogP contribution in [0.4, 0.5) is 0 Å². The Hall–Kier alpha value is -0.830. The summed E-state index contributed by atoms with van der Waals surface area (Å²) >= 11 is 0. The maximum absolute atomic E-state index is 4.61. The van der Waals surface area contributed by atoms with Gasteiger partial charge in [-0.25, -0.2) is 0 Å². The Bertz CT molecular complexity index is 424. The minimum atomic E-state index is 0.947. The number of nitrogens with zero attached hydrogens (tertiary/aromatic N) is 2. The average molecular weight is 261 g/mol. The fraction of sp³-hybridized carbons (Fsp3) is 0.812. The summed E-state index contributed by atoms with van der Waals surface area (Å²) in [6.45, 7) is 7.51. The number of aryl methyl sites for hydroxylation is 2. The first-order valence-corrected chi connectivity index (χ1v) is 8.06. The van der Waals surface area contributed by atoms with E-state index in [0.717, 1.165) is 37.3 Å². The Balaban J connectivity index is 1.50. The molecule has 2 aliphatic rings. The molecule has 3 rings (SSSR count). The predicted octanol–water partition coefficient (Wildman–Crippen LogP) is 2.99. The van der Waals surface area contributed by atoms with E-state index in [4.69, 9.17) is 0 Å². The molecule has 1 aromatic heterocycles. The molecular formula is C16H27N3. The summed E-state index contributed by atoms with van der Waals surface area (Å²) < 4.78 is 2.15. The van der Waals surface area contributed by atoms with E-state index < -0.39 is 0 Å². The standard InChI is InChI=1S/C16H27N3/c1-3-15-9-16(19(4-2)18-15)11-17-10-14-8-12-5-6-13(14)7-12/h9,12-14,17H,3-8,10-11H2,1-2H3. The van der Waals surface area contributed by atoms with Crippen molar-refractivity contribution in [1.82, 2.24) is 15.1 Å². The highest BCUT2D eigenvalue weighted by molar-refractivity contribution is 5.10. The predicted molar refractivity (Wildman–Crippen MR) is 77.9 cm³/mol. The van der Waals surface area contributed by atoms with Crippen molar-refractivity contribution in [2.45, 2.75) is 59.0 Å². The molecule has 3 unspecified atom stereocenters. The molecule has 1 N–H and O–H groups in total. The van der Waals surface area contributed by atoms with Gasteiger partial charge in [0.25, 0.3) is 0 Å². The molecule has 0 aliphatic heterocycles. The largest absolute Gasteiger partial charge is 0.311 e. The van der Waals surface area contributed by atoms with Crippen LogP contribution in [0.1, 0.15) is 50.9 Å². The van der Waals surface area contributed by atoms with Gasteiger partial charge in [0.2, 0.25) is 0 Å². The topological polar surface area (TPSA) is 29.9 Å². The summed E-state index contributed by atoms with van der Waals surface area (Å²) in [7, 11) is 0. The van der Waals surface area contributed by atoms with Gasteiger partial charge in [0.1, 0.15) is 0 Å². The molecule has 106 valence electrons. The maximum atomic E-state index is 4.61. The zero-order valence-corrected chi connectivity index (χ0v) is 12.4. The van der Waals surface area contributed by atoms with Crippen LogP contribution in [0.15, 0.2) is 6.07 Å². The Kier molecular flexibility index (Phi) is 3.92. The van der Waals surface area contributed by atoms with E-state index in [2.05, 4.69) is 35.0 Å². The molecule has 19 heavy (non-hydrogen) atoms. The highest BCUT2D eigenvalue weighted by Crippen LogP contribution is 2.47. The van der Waals surface area contributed by atoms with Crippen LogP contribution < -0.4 is 5.32 Å². The summed E-state index contributed by atoms with van der Waals surface area (Å²) in [5, 5.41) is 8.29. The van der Waals surface area contributed by atoms with Gasteiger partial charge in [0.15, 0.2) is 0 Å². The van der Waals surface area contributed by atoms with Crippen molar-refractivity contribution in [1.29, 1.82) is 0 Å². The van der Waals surface area contributed by atoms with Crippen molar-refractivity contribution in [3.8, 4) is 0 Å². The van der Waals surface area contributed by atoms with E-state index in [-0.39, 0.29) is 0 Å². The molecule has 0 amide bonds. The Morgan fingerprint density at radius 3 is 2.84 bits per heavy atom. The first kappa shape index (κ1) is 13.2. The monoisotopic (exact) mass is 261 g/mol. The molecule has 1 aromatic rings. The van der Waals surface area contributed by atoms with Crippen LogP contribution in [0.2, 0.25) is 0 Å². The van der Waals surface area contributed by atoms with Crippen LogP contribution in [-0.4, -0.2) is 16.3 Å². The highest BCUT2D eigenvalue weighted by atomic mass is 15.3. The van der Waals surface area contributed by atoms with E-state index in [1.54, 1.807) is 0 Å². The number of aromatic nitrogens is 2. The minimum absolute atomic E-state index is 0.947. The third-order valence-electron chi connectivity index (χ3n) is 5.17. The van der Waals surface area contributed by atoms with E-state index in [9.17, 15) is 0 Å². The van der Waals surface area contributed by atoms with Gasteiger partial charge in [0, 0.05) is 13.1 Å². The second-order valence-corrected chi connectivity index (χ2v) is 6.36. The van der Waals surface area contributed by atoms with E-state index in [1.807, 2.05) is 0 Å². The molecule has 0 aromatic carbocycles. The molecule has 0 saturated heterocycles. The quantitative estimate of drug-likeness (QED) is 0.853. The lowest BCUT2D eigenvalue weighted by atomic mass is 9.89. The molecule has 2 aliphatic carbocycles. The number of hydrogen-bond donors (Lipinski definition) is 1. The summed E-state index contributed by atoms with van der Waals surface area (Å²) in [5.41, 5.74) is 2.57. The van der Waals surface area contributed by atoms with Crippen LogP contribution >= 0.6 is 0 Å². The normalized spacial score (nSPS) is 29.3. The maximum Gasteiger partial charge on any atom is 0.0625 e. The molecule has 3 atom stereocenters. The van der Waals surface area contributed by atoms with Crippen molar-refractivity contribution < 1.29 is 0 Å². The molecule has 2 fully saturated rings. The van der Waals surface area contributed by atoms with Crippen LogP contribution in [0.5, 0.6) is 0 Å². The Morgan fingerprint density at radius 1 is 1.32 bits per heavy atom. The van der Waals surface area contributed by atoms with Gasteiger partial charge in [-0.3, -0.25) is 4.68 Å². The molecule has 3 nitrogen and oxygen atoms in total. The van der Waals surface area contributed by atoms with Crippen LogP contribution in [0, 0.1) is 17.8 Å². The zero-order valence-electron chi connectivity index (χ0n) is 12.4. The van der Waals surface area contributed by atoms with Gasteiger partial charge in [-0.15, -0.1) is 0 Å². The fourth-order valence-electron chi connectivity index (χ4n) is 4.12. The first-order valence-electron chi connectivity index (χ1n) is 8.06. The highest BCUT2D eigenvalue weighted by Gasteiger charge is 2.38. The van der Waals surface area contributed by atoms with Gasteiger partial charge in [0.05, 0.1) is 11.4 Å². The molecule has 2 bridgehead atoms. The third kappa shape index (κ3) is 2.71. The molecular weight excluding hydrogens is 234 g/mol. The minimum Gasteiger partial charge on any atom is -0.311 e. The van der Waals surface area contributed by atoms with Gasteiger partial charge < -0.3 is 5.32 Å². The van der Waals surface area contributed by atoms with Crippen molar-refractivity contribution in [3.05, 3.63) is 17.5 Å². The van der Waals surface area contributed by atoms with E-state index in [0.29, 0.717) is 0 Å². The lowest BCUT2D eigenvalue weighted by Crippen LogP contribution is -2.27. The molecule has 0 radical (unpaired) electrons. The summed E-state index contributed by atoms with van der Waals surface area (Å²) in [6.07, 6.45) is 7.02. The lowest BCUT2D eigenvalue weighted by Gasteiger charge is -2.21. The average Bonchev–Trinajstić information content (AvgIpc) is 3.12. The van der Waals surface area contributed by atoms with Gasteiger partial charge in [-0.1, -0.05) is 13.3 Å². The van der Waals surface area contributed by atoms with Crippen molar-refractivity contribution >= 4 is 0 Å². The molecule has 2 saturated carbocycles. The zero-order chi connectivity index (χ0) is 13.2. The smallest absolute Gasteiger partial charge is 0.0625 e. The Morgan fingerprint density at radius 2 is 2.21 bits per heavy atom. The number of hydrogen-bond acceptors (Lipinski definition) is 2. The second kappa shape index (κ2) is 5.66. The van der Waals surface area contributed by atoms with Crippen LogP contribution in [-0.2, 0) is 19.5 Å². The molecule has 3 heteroatoms. The number of fused-ring (bicyclic) bond motifs is 2. The third-order valence-corrected chi connectivity index (χ3v) is 5.17. The summed E-state index contributed by atoms with van der Waals surface area (Å²) in [4.78, 5) is 0. The lowest BCUT2D eigenvalue weighted by molar-refractivity contribution is 0.317. The second-order valence-electron chi connectivity index (χ2n) is 6.36. The van der Waals surface area contributed by atoms with Crippen molar-refractivity contribution in [2.75, 3.05) is 6.54 Å². The van der Waals surface area contributed by atoms with Crippen LogP contribution in [0.3, 0.4) is 0 Å². The fourth-order valence-corrected chi connectivity index (χ4v) is 4.12. The van der Waals surface area contributed by atoms with Crippen LogP contribution in [0.25, 0.3) is 0 Å². The summed E-state index contributed by atoms with van der Waals surface area (Å²) in [6, 6.07) is 2.26. The Labute approximate surface area is 116 Å². The van der Waals surface area contributed by atoms with E-state index in [1.165, 1.54) is 43.6 Å². The van der Waals surface area contributed by atoms with E-state index >= 15 is 0 Å². The molecule has 1 heterocycles. The summed E-state index contributed by atoms with van der Waals surface area (Å²) in [5.74, 6) is 3.03. The molecule has 0 spiro atoms. The SMILES string of the molecule is CCc1cc(CNCC2CC3CCC2C3)n(CC)n1. The number of nitrogens with one attached hydrogen (secondary N) is 1. The number of rotatable bonds is 6. The first-order chi connectivity index (χ1) is 9.30. The van der Waals surface area contributed by atoms with Gasteiger partial charge >= 0.3 is 0 Å².